The Morgan fingerprint density at radius 1 is 1.03 bits per heavy atom. The van der Waals surface area contributed by atoms with Gasteiger partial charge in [0.25, 0.3) is 10.0 Å². The molecule has 0 fully saturated rings. The first-order chi connectivity index (χ1) is 14.3. The lowest BCUT2D eigenvalue weighted by Gasteiger charge is -2.09. The van der Waals surface area contributed by atoms with Gasteiger partial charge >= 0.3 is 5.97 Å². The van der Waals surface area contributed by atoms with Gasteiger partial charge in [-0.3, -0.25) is 0 Å². The molecule has 3 aromatic carbocycles. The maximum absolute atomic E-state index is 12.5. The zero-order valence-electron chi connectivity index (χ0n) is 16.6. The predicted octanol–water partition coefficient (Wildman–Crippen LogP) is 3.48. The van der Waals surface area contributed by atoms with E-state index in [1.54, 1.807) is 50.2 Å². The number of sulfonamides is 1. The number of benzene rings is 3. The van der Waals surface area contributed by atoms with Crippen LogP contribution in [0.4, 0.5) is 0 Å². The summed E-state index contributed by atoms with van der Waals surface area (Å²) in [6.45, 7) is 3.34. The van der Waals surface area contributed by atoms with E-state index in [2.05, 4.69) is 9.93 Å². The van der Waals surface area contributed by atoms with Gasteiger partial charge in [0.15, 0.2) is 6.61 Å². The lowest BCUT2D eigenvalue weighted by molar-refractivity contribution is -0.149. The second-order valence-corrected chi connectivity index (χ2v) is 8.42. The largest absolute Gasteiger partial charge is 0.482 e. The highest BCUT2D eigenvalue weighted by Gasteiger charge is 2.13. The van der Waals surface area contributed by atoms with Crippen molar-refractivity contribution in [2.45, 2.75) is 24.8 Å². The highest BCUT2D eigenvalue weighted by Crippen LogP contribution is 2.18. The van der Waals surface area contributed by atoms with Crippen molar-refractivity contribution in [1.82, 2.24) is 4.83 Å². The van der Waals surface area contributed by atoms with Crippen LogP contribution in [0, 0.1) is 0 Å². The monoisotopic (exact) mass is 426 g/mol. The number of carbonyl (C=O) groups excluding carboxylic acids is 1. The van der Waals surface area contributed by atoms with Gasteiger partial charge in [-0.2, -0.15) is 13.5 Å². The Balaban J connectivity index is 1.59. The van der Waals surface area contributed by atoms with Crippen LogP contribution in [0.3, 0.4) is 0 Å². The fraction of sp³-hybridized carbons (Fsp3) is 0.182. The molecule has 3 aromatic rings. The minimum Gasteiger partial charge on any atom is -0.482 e. The second-order valence-electron chi connectivity index (χ2n) is 6.76. The van der Waals surface area contributed by atoms with Gasteiger partial charge in [0.2, 0.25) is 0 Å². The summed E-state index contributed by atoms with van der Waals surface area (Å²) in [5, 5.41) is 5.62. The maximum atomic E-state index is 12.5. The van der Waals surface area contributed by atoms with Gasteiger partial charge in [0.1, 0.15) is 5.75 Å². The molecule has 0 aromatic heterocycles. The van der Waals surface area contributed by atoms with Crippen LogP contribution in [0.5, 0.6) is 5.75 Å². The molecule has 0 bridgehead atoms. The molecule has 156 valence electrons. The Morgan fingerprint density at radius 3 is 2.43 bits per heavy atom. The highest BCUT2D eigenvalue weighted by atomic mass is 32.2. The van der Waals surface area contributed by atoms with Crippen LogP contribution >= 0.6 is 0 Å². The van der Waals surface area contributed by atoms with E-state index in [0.29, 0.717) is 11.3 Å². The van der Waals surface area contributed by atoms with Gasteiger partial charge in [-0.1, -0.05) is 30.3 Å². The van der Waals surface area contributed by atoms with E-state index in [9.17, 15) is 13.2 Å². The molecule has 0 amide bonds. The third kappa shape index (κ3) is 5.81. The van der Waals surface area contributed by atoms with Crippen LogP contribution in [0.2, 0.25) is 0 Å². The average molecular weight is 426 g/mol. The first-order valence-electron chi connectivity index (χ1n) is 9.29. The molecule has 0 radical (unpaired) electrons. The molecule has 30 heavy (non-hydrogen) atoms. The summed E-state index contributed by atoms with van der Waals surface area (Å²) in [7, 11) is -3.78. The summed E-state index contributed by atoms with van der Waals surface area (Å²) < 4.78 is 35.2. The van der Waals surface area contributed by atoms with Crippen molar-refractivity contribution in [3.05, 3.63) is 72.3 Å². The van der Waals surface area contributed by atoms with E-state index in [1.807, 2.05) is 24.3 Å². The molecule has 1 N–H and O–H groups in total. The van der Waals surface area contributed by atoms with Gasteiger partial charge in [-0.05, 0) is 66.6 Å². The van der Waals surface area contributed by atoms with E-state index in [1.165, 1.54) is 12.3 Å². The molecule has 0 aliphatic carbocycles. The lowest BCUT2D eigenvalue weighted by atomic mass is 10.1. The molecule has 3 rings (SSSR count). The van der Waals surface area contributed by atoms with E-state index in [4.69, 9.17) is 9.47 Å². The molecular weight excluding hydrogens is 404 g/mol. The molecule has 0 unspecified atom stereocenters. The number of nitrogens with zero attached hydrogens (tertiary/aromatic N) is 1. The Kier molecular flexibility index (Phi) is 6.68. The predicted molar refractivity (Wildman–Crippen MR) is 115 cm³/mol. The zero-order valence-corrected chi connectivity index (χ0v) is 17.4. The fourth-order valence-electron chi connectivity index (χ4n) is 2.65. The van der Waals surface area contributed by atoms with Crippen molar-refractivity contribution >= 4 is 33.0 Å². The standard InChI is InChI=1S/C22H22N2O5S/c1-16(2)29-22(25)15-28-20-10-7-17(8-11-20)14-23-24-30(26,27)21-12-9-18-5-3-4-6-19(18)13-21/h3-14,16,24H,15H2,1-2H3/b23-14+. The van der Waals surface area contributed by atoms with E-state index in [-0.39, 0.29) is 17.6 Å². The molecule has 7 nitrogen and oxygen atoms in total. The second kappa shape index (κ2) is 9.41. The number of esters is 1. The quantitative estimate of drug-likeness (QED) is 0.338. The van der Waals surface area contributed by atoms with Gasteiger partial charge in [0.05, 0.1) is 17.2 Å². The summed E-state index contributed by atoms with van der Waals surface area (Å²) >= 11 is 0. The van der Waals surface area contributed by atoms with Gasteiger partial charge in [-0.15, -0.1) is 0 Å². The summed E-state index contributed by atoms with van der Waals surface area (Å²) in [4.78, 5) is 13.8. The van der Waals surface area contributed by atoms with Crippen LogP contribution < -0.4 is 9.57 Å². The SMILES string of the molecule is CC(C)OC(=O)COc1ccc(/C=N/NS(=O)(=O)c2ccc3ccccc3c2)cc1. The van der Waals surface area contributed by atoms with Gasteiger partial charge in [-0.25, -0.2) is 9.63 Å². The number of fused-ring (bicyclic) bond motifs is 1. The van der Waals surface area contributed by atoms with Crippen LogP contribution in [-0.2, 0) is 19.6 Å². The zero-order chi connectivity index (χ0) is 21.6. The number of carbonyl (C=O) groups is 1. The van der Waals surface area contributed by atoms with E-state index >= 15 is 0 Å². The number of hydrazone groups is 1. The Bertz CT molecular complexity index is 1160. The van der Waals surface area contributed by atoms with Crippen molar-refractivity contribution in [2.24, 2.45) is 5.10 Å². The molecule has 0 aliphatic heterocycles. The maximum Gasteiger partial charge on any atom is 0.344 e. The molecule has 0 spiro atoms. The van der Waals surface area contributed by atoms with Crippen molar-refractivity contribution < 1.29 is 22.7 Å². The number of hydrogen-bond acceptors (Lipinski definition) is 6. The van der Waals surface area contributed by atoms with Gasteiger partial charge < -0.3 is 9.47 Å². The molecular formula is C22H22N2O5S. The highest BCUT2D eigenvalue weighted by molar-refractivity contribution is 7.89. The van der Waals surface area contributed by atoms with Crippen LogP contribution in [-0.4, -0.2) is 33.3 Å². The summed E-state index contributed by atoms with van der Waals surface area (Å²) in [6, 6.07) is 19.1. The Labute approximate surface area is 175 Å². The van der Waals surface area contributed by atoms with Gasteiger partial charge in [0, 0.05) is 0 Å². The molecule has 0 atom stereocenters. The van der Waals surface area contributed by atoms with Crippen molar-refractivity contribution in [2.75, 3.05) is 6.61 Å². The lowest BCUT2D eigenvalue weighted by Crippen LogP contribution is -2.18. The van der Waals surface area contributed by atoms with Crippen LogP contribution in [0.1, 0.15) is 19.4 Å². The Morgan fingerprint density at radius 2 is 1.73 bits per heavy atom. The van der Waals surface area contributed by atoms with Crippen molar-refractivity contribution in [1.29, 1.82) is 0 Å². The topological polar surface area (TPSA) is 94.1 Å². The van der Waals surface area contributed by atoms with Crippen molar-refractivity contribution in [3.63, 3.8) is 0 Å². The normalized spacial score (nSPS) is 11.7. The minimum atomic E-state index is -3.78. The number of nitrogens with one attached hydrogen (secondary N) is 1. The molecule has 8 heteroatoms. The number of ether oxygens (including phenoxy) is 2. The third-order valence-corrected chi connectivity index (χ3v) is 5.24. The minimum absolute atomic E-state index is 0.135. The Hall–Kier alpha value is -3.39. The van der Waals surface area contributed by atoms with Crippen LogP contribution in [0.15, 0.2) is 76.7 Å². The first kappa shape index (κ1) is 21.3. The summed E-state index contributed by atoms with van der Waals surface area (Å²) in [5.41, 5.74) is 0.660. The third-order valence-electron chi connectivity index (χ3n) is 4.02. The summed E-state index contributed by atoms with van der Waals surface area (Å²) in [6.07, 6.45) is 1.19. The first-order valence-corrected chi connectivity index (χ1v) is 10.8. The average Bonchev–Trinajstić information content (AvgIpc) is 2.72. The fourth-order valence-corrected chi connectivity index (χ4v) is 3.47. The van der Waals surface area contributed by atoms with Crippen LogP contribution in [0.25, 0.3) is 10.8 Å². The molecule has 0 saturated heterocycles. The molecule has 0 aliphatic rings. The number of hydrogen-bond donors (Lipinski definition) is 1. The molecule has 0 saturated carbocycles. The van der Waals surface area contributed by atoms with E-state index in [0.717, 1.165) is 10.8 Å². The van der Waals surface area contributed by atoms with Crippen molar-refractivity contribution in [3.8, 4) is 5.75 Å². The van der Waals surface area contributed by atoms with E-state index < -0.39 is 16.0 Å². The smallest absolute Gasteiger partial charge is 0.344 e. The number of rotatable bonds is 8. The summed E-state index contributed by atoms with van der Waals surface area (Å²) in [5.74, 6) is 0.0448. The molecule has 0 heterocycles.